The Morgan fingerprint density at radius 1 is 1.32 bits per heavy atom. The number of hydrogen-bond donors (Lipinski definition) is 1. The Morgan fingerprint density at radius 3 is 2.80 bits per heavy atom. The average molecular weight is 353 g/mol. The van der Waals surface area contributed by atoms with Gasteiger partial charge in [0.15, 0.2) is 5.69 Å². The van der Waals surface area contributed by atoms with Gasteiger partial charge in [-0.1, -0.05) is 23.4 Å². The molecule has 1 fully saturated rings. The first kappa shape index (κ1) is 16.0. The molecule has 1 aromatic carbocycles. The third-order valence-electron chi connectivity index (χ3n) is 4.18. The van der Waals surface area contributed by atoms with Crippen LogP contribution in [0.4, 0.5) is 0 Å². The van der Waals surface area contributed by atoms with Crippen molar-refractivity contribution in [1.29, 1.82) is 0 Å². The summed E-state index contributed by atoms with van der Waals surface area (Å²) in [5.41, 5.74) is 3.33. The minimum atomic E-state index is -0.155. The van der Waals surface area contributed by atoms with E-state index in [1.54, 1.807) is 16.0 Å². The molecule has 0 aliphatic heterocycles. The first-order chi connectivity index (χ1) is 12.2. The molecule has 0 atom stereocenters. The Kier molecular flexibility index (Phi) is 4.31. The van der Waals surface area contributed by atoms with Crippen LogP contribution in [0.2, 0.25) is 0 Å². The maximum absolute atomic E-state index is 12.6. The molecule has 2 heterocycles. The Bertz CT molecular complexity index is 882. The molecule has 1 N–H and O–H groups in total. The van der Waals surface area contributed by atoms with E-state index in [0.717, 1.165) is 41.3 Å². The highest BCUT2D eigenvalue weighted by Gasteiger charge is 2.34. The van der Waals surface area contributed by atoms with E-state index in [-0.39, 0.29) is 5.91 Å². The van der Waals surface area contributed by atoms with Crippen LogP contribution >= 0.6 is 11.3 Å². The quantitative estimate of drug-likeness (QED) is 0.739. The molecule has 7 heteroatoms. The fourth-order valence-corrected chi connectivity index (χ4v) is 3.59. The molecular formula is C18H19N5OS. The Hall–Kier alpha value is -2.54. The topological polar surface area (TPSA) is 72.7 Å². The number of amides is 1. The summed E-state index contributed by atoms with van der Waals surface area (Å²) >= 11 is 1.62. The molecule has 128 valence electrons. The lowest BCUT2D eigenvalue weighted by Gasteiger charge is -2.07. The summed E-state index contributed by atoms with van der Waals surface area (Å²) in [5, 5.41) is 14.4. The minimum Gasteiger partial charge on any atom is -0.350 e. The van der Waals surface area contributed by atoms with Gasteiger partial charge >= 0.3 is 0 Å². The molecule has 0 saturated heterocycles. The van der Waals surface area contributed by atoms with Gasteiger partial charge in [-0.15, -0.1) is 16.4 Å². The summed E-state index contributed by atoms with van der Waals surface area (Å²) in [6.45, 7) is 2.52. The zero-order chi connectivity index (χ0) is 17.2. The van der Waals surface area contributed by atoms with Crippen LogP contribution in [0.15, 0.2) is 35.7 Å². The standard InChI is InChI=1S/C18H19N5OS/c1-12-11-25-15(20-12)9-10-19-18(24)16-17(13-7-8-13)23(22-21-16)14-5-3-2-4-6-14/h2-6,11,13H,7-10H2,1H3,(H,19,24). The molecule has 0 unspecified atom stereocenters. The minimum absolute atomic E-state index is 0.155. The molecule has 1 aliphatic rings. The van der Waals surface area contributed by atoms with Crippen LogP contribution in [-0.2, 0) is 6.42 Å². The highest BCUT2D eigenvalue weighted by Crippen LogP contribution is 2.41. The van der Waals surface area contributed by atoms with E-state index in [9.17, 15) is 4.79 Å². The second kappa shape index (κ2) is 6.76. The Labute approximate surface area is 149 Å². The van der Waals surface area contributed by atoms with Crippen molar-refractivity contribution < 1.29 is 4.79 Å². The van der Waals surface area contributed by atoms with Gasteiger partial charge in [0.2, 0.25) is 0 Å². The average Bonchev–Trinajstić information content (AvgIpc) is 3.23. The van der Waals surface area contributed by atoms with Crippen LogP contribution in [0.25, 0.3) is 5.69 Å². The molecule has 1 amide bonds. The van der Waals surface area contributed by atoms with Crippen LogP contribution in [0.5, 0.6) is 0 Å². The number of thiazole rings is 1. The molecule has 0 bridgehead atoms. The van der Waals surface area contributed by atoms with Crippen molar-refractivity contribution in [3.63, 3.8) is 0 Å². The first-order valence-electron chi connectivity index (χ1n) is 8.42. The summed E-state index contributed by atoms with van der Waals surface area (Å²) < 4.78 is 1.80. The van der Waals surface area contributed by atoms with E-state index < -0.39 is 0 Å². The fraction of sp³-hybridized carbons (Fsp3) is 0.333. The predicted molar refractivity (Wildman–Crippen MR) is 96.2 cm³/mol. The molecule has 3 aromatic rings. The van der Waals surface area contributed by atoms with Crippen LogP contribution in [0, 0.1) is 6.92 Å². The summed E-state index contributed by atoms with van der Waals surface area (Å²) in [7, 11) is 0. The van der Waals surface area contributed by atoms with Gasteiger partial charge in [-0.3, -0.25) is 4.79 Å². The maximum Gasteiger partial charge on any atom is 0.273 e. The number of carbonyl (C=O) groups is 1. The monoisotopic (exact) mass is 353 g/mol. The molecule has 4 rings (SSSR count). The summed E-state index contributed by atoms with van der Waals surface area (Å²) in [5.74, 6) is 0.218. The van der Waals surface area contributed by atoms with Gasteiger partial charge in [-0.2, -0.15) is 0 Å². The maximum atomic E-state index is 12.6. The van der Waals surface area contributed by atoms with Crippen molar-refractivity contribution in [3.05, 3.63) is 57.8 Å². The largest absolute Gasteiger partial charge is 0.350 e. The van der Waals surface area contributed by atoms with Crippen LogP contribution < -0.4 is 5.32 Å². The van der Waals surface area contributed by atoms with Crippen molar-refractivity contribution in [1.82, 2.24) is 25.3 Å². The lowest BCUT2D eigenvalue weighted by Crippen LogP contribution is -2.27. The number of para-hydroxylation sites is 1. The number of nitrogens with one attached hydrogen (secondary N) is 1. The molecular weight excluding hydrogens is 334 g/mol. The molecule has 6 nitrogen and oxygen atoms in total. The molecule has 0 radical (unpaired) electrons. The van der Waals surface area contributed by atoms with Crippen molar-refractivity contribution in [3.8, 4) is 5.69 Å². The highest BCUT2D eigenvalue weighted by atomic mass is 32.1. The van der Waals surface area contributed by atoms with Crippen LogP contribution in [0.1, 0.15) is 45.6 Å². The highest BCUT2D eigenvalue weighted by molar-refractivity contribution is 7.09. The van der Waals surface area contributed by atoms with Gasteiger partial charge in [0, 0.05) is 30.0 Å². The Balaban J connectivity index is 1.50. The number of nitrogens with zero attached hydrogens (tertiary/aromatic N) is 4. The van der Waals surface area contributed by atoms with Crippen molar-refractivity contribution in [2.75, 3.05) is 6.54 Å². The number of aryl methyl sites for hydroxylation is 1. The van der Waals surface area contributed by atoms with Crippen molar-refractivity contribution >= 4 is 17.2 Å². The molecule has 25 heavy (non-hydrogen) atoms. The third-order valence-corrected chi connectivity index (χ3v) is 5.20. The second-order valence-electron chi connectivity index (χ2n) is 6.23. The number of aromatic nitrogens is 4. The SMILES string of the molecule is Cc1csc(CCNC(=O)c2nnn(-c3ccccc3)c2C2CC2)n1. The zero-order valence-corrected chi connectivity index (χ0v) is 14.8. The second-order valence-corrected chi connectivity index (χ2v) is 7.18. The number of benzene rings is 1. The zero-order valence-electron chi connectivity index (χ0n) is 14.0. The lowest BCUT2D eigenvalue weighted by atomic mass is 10.2. The van der Waals surface area contributed by atoms with E-state index in [1.165, 1.54) is 0 Å². The van der Waals surface area contributed by atoms with Gasteiger partial charge in [-0.05, 0) is 31.9 Å². The van der Waals surface area contributed by atoms with Gasteiger partial charge in [-0.25, -0.2) is 9.67 Å². The van der Waals surface area contributed by atoms with Gasteiger partial charge in [0.05, 0.1) is 16.4 Å². The smallest absolute Gasteiger partial charge is 0.273 e. The summed E-state index contributed by atoms with van der Waals surface area (Å²) in [6.07, 6.45) is 2.90. The van der Waals surface area contributed by atoms with Gasteiger partial charge in [0.1, 0.15) is 0 Å². The van der Waals surface area contributed by atoms with Crippen molar-refractivity contribution in [2.24, 2.45) is 0 Å². The summed E-state index contributed by atoms with van der Waals surface area (Å²) in [4.78, 5) is 17.0. The molecule has 1 saturated carbocycles. The normalized spacial score (nSPS) is 13.8. The van der Waals surface area contributed by atoms with E-state index in [1.807, 2.05) is 42.6 Å². The van der Waals surface area contributed by atoms with Gasteiger partial charge in [0.25, 0.3) is 5.91 Å². The number of hydrogen-bond acceptors (Lipinski definition) is 5. The van der Waals surface area contributed by atoms with Crippen LogP contribution in [-0.4, -0.2) is 32.4 Å². The third kappa shape index (κ3) is 3.46. The Morgan fingerprint density at radius 2 is 2.12 bits per heavy atom. The number of rotatable bonds is 6. The molecule has 1 aliphatic carbocycles. The fourth-order valence-electron chi connectivity index (χ4n) is 2.82. The van der Waals surface area contributed by atoms with Crippen LogP contribution in [0.3, 0.4) is 0 Å². The van der Waals surface area contributed by atoms with Gasteiger partial charge < -0.3 is 5.32 Å². The lowest BCUT2D eigenvalue weighted by molar-refractivity contribution is 0.0948. The van der Waals surface area contributed by atoms with E-state index in [0.29, 0.717) is 18.2 Å². The molecule has 2 aromatic heterocycles. The van der Waals surface area contributed by atoms with E-state index in [2.05, 4.69) is 20.6 Å². The van der Waals surface area contributed by atoms with E-state index >= 15 is 0 Å². The number of carbonyl (C=O) groups excluding carboxylic acids is 1. The summed E-state index contributed by atoms with van der Waals surface area (Å²) in [6, 6.07) is 9.85. The van der Waals surface area contributed by atoms with E-state index in [4.69, 9.17) is 0 Å². The molecule has 0 spiro atoms. The predicted octanol–water partition coefficient (Wildman–Crippen LogP) is 2.88. The first-order valence-corrected chi connectivity index (χ1v) is 9.30. The van der Waals surface area contributed by atoms with Crippen molar-refractivity contribution in [2.45, 2.75) is 32.1 Å².